The molecule has 4 nitrogen and oxygen atoms in total. The van der Waals surface area contributed by atoms with Crippen LogP contribution >= 0.6 is 11.3 Å². The fraction of sp³-hybridized carbons (Fsp3) is 0.333. The van der Waals surface area contributed by atoms with Crippen molar-refractivity contribution in [2.24, 2.45) is 7.05 Å². The second-order valence-corrected chi connectivity index (χ2v) is 8.06. The molecule has 0 unspecified atom stereocenters. The van der Waals surface area contributed by atoms with E-state index in [2.05, 4.69) is 42.6 Å². The lowest BCUT2D eigenvalue weighted by Gasteiger charge is -2.41. The first-order chi connectivity index (χ1) is 12.6. The Bertz CT molecular complexity index is 904. The normalized spacial score (nSPS) is 16.6. The number of rotatable bonds is 3. The smallest absolute Gasteiger partial charge is 0.270 e. The molecule has 0 radical (unpaired) electrons. The fourth-order valence-electron chi connectivity index (χ4n) is 3.97. The molecule has 0 aliphatic carbocycles. The van der Waals surface area contributed by atoms with Gasteiger partial charge in [0.15, 0.2) is 0 Å². The van der Waals surface area contributed by atoms with E-state index in [-0.39, 0.29) is 11.3 Å². The molecule has 0 bridgehead atoms. The third-order valence-corrected chi connectivity index (χ3v) is 6.28. The zero-order chi connectivity index (χ0) is 18.1. The molecule has 1 aliphatic heterocycles. The molecule has 3 heterocycles. The first-order valence-corrected chi connectivity index (χ1v) is 9.87. The van der Waals surface area contributed by atoms with E-state index < -0.39 is 0 Å². The monoisotopic (exact) mass is 365 g/mol. The van der Waals surface area contributed by atoms with Crippen LogP contribution in [-0.4, -0.2) is 33.4 Å². The van der Waals surface area contributed by atoms with Gasteiger partial charge in [-0.2, -0.15) is 0 Å². The van der Waals surface area contributed by atoms with Gasteiger partial charge in [-0.15, -0.1) is 11.3 Å². The largest absolute Gasteiger partial charge is 0.347 e. The van der Waals surface area contributed by atoms with Gasteiger partial charge < -0.3 is 9.47 Å². The molecule has 26 heavy (non-hydrogen) atoms. The van der Waals surface area contributed by atoms with E-state index in [1.807, 2.05) is 34.8 Å². The third kappa shape index (κ3) is 2.86. The molecule has 0 spiro atoms. The predicted molar refractivity (Wildman–Crippen MR) is 105 cm³/mol. The summed E-state index contributed by atoms with van der Waals surface area (Å²) in [5, 5.41) is 3.29. The molecule has 0 N–H and O–H groups in total. The Labute approximate surface area is 158 Å². The number of thiazole rings is 1. The van der Waals surface area contributed by atoms with Crippen LogP contribution in [0.25, 0.3) is 0 Å². The second-order valence-electron chi connectivity index (χ2n) is 7.00. The molecular formula is C21H23N3OS. The van der Waals surface area contributed by atoms with Gasteiger partial charge >= 0.3 is 0 Å². The highest BCUT2D eigenvalue weighted by Crippen LogP contribution is 2.42. The summed E-state index contributed by atoms with van der Waals surface area (Å²) in [7, 11) is 1.92. The minimum absolute atomic E-state index is 0.100. The van der Waals surface area contributed by atoms with Crippen LogP contribution in [0.3, 0.4) is 0 Å². The zero-order valence-corrected chi connectivity index (χ0v) is 16.0. The van der Waals surface area contributed by atoms with Crippen LogP contribution in [0.2, 0.25) is 0 Å². The van der Waals surface area contributed by atoms with Crippen LogP contribution in [-0.2, 0) is 12.5 Å². The average Bonchev–Trinajstić information content (AvgIpc) is 3.30. The molecule has 5 heteroatoms. The van der Waals surface area contributed by atoms with E-state index in [1.54, 1.807) is 11.3 Å². The van der Waals surface area contributed by atoms with Crippen LogP contribution in [0.4, 0.5) is 0 Å². The van der Waals surface area contributed by atoms with Crippen molar-refractivity contribution in [1.82, 2.24) is 14.5 Å². The molecule has 1 fully saturated rings. The van der Waals surface area contributed by atoms with Crippen molar-refractivity contribution in [3.63, 3.8) is 0 Å². The maximum absolute atomic E-state index is 12.9. The number of carbonyl (C=O) groups excluding carboxylic acids is 1. The highest BCUT2D eigenvalue weighted by Gasteiger charge is 2.40. The summed E-state index contributed by atoms with van der Waals surface area (Å²) in [5.74, 6) is 0.119. The number of aromatic nitrogens is 2. The number of carbonyl (C=O) groups is 1. The van der Waals surface area contributed by atoms with Gasteiger partial charge in [-0.05, 0) is 37.5 Å². The highest BCUT2D eigenvalue weighted by molar-refractivity contribution is 7.09. The van der Waals surface area contributed by atoms with Gasteiger partial charge in [0.1, 0.15) is 5.69 Å². The van der Waals surface area contributed by atoms with Crippen molar-refractivity contribution in [2.45, 2.75) is 25.2 Å². The molecule has 0 atom stereocenters. The molecule has 134 valence electrons. The lowest BCUT2D eigenvalue weighted by atomic mass is 9.70. The number of likely N-dealkylation sites (tertiary alicyclic amines) is 1. The number of amides is 1. The van der Waals surface area contributed by atoms with Gasteiger partial charge in [-0.25, -0.2) is 4.98 Å². The Hall–Kier alpha value is -2.40. The zero-order valence-electron chi connectivity index (χ0n) is 15.2. The van der Waals surface area contributed by atoms with Crippen LogP contribution in [0, 0.1) is 6.92 Å². The second kappa shape index (κ2) is 6.72. The van der Waals surface area contributed by atoms with Gasteiger partial charge in [0, 0.05) is 37.1 Å². The average molecular weight is 366 g/mol. The summed E-state index contributed by atoms with van der Waals surface area (Å²) in [6, 6.07) is 14.5. The summed E-state index contributed by atoms with van der Waals surface area (Å²) in [5.41, 5.74) is 3.10. The molecule has 3 aromatic rings. The van der Waals surface area contributed by atoms with E-state index >= 15 is 0 Å². The van der Waals surface area contributed by atoms with Gasteiger partial charge in [0.25, 0.3) is 5.91 Å². The maximum Gasteiger partial charge on any atom is 0.270 e. The minimum atomic E-state index is -0.100. The summed E-state index contributed by atoms with van der Waals surface area (Å²) in [4.78, 5) is 19.7. The van der Waals surface area contributed by atoms with Crippen molar-refractivity contribution in [2.75, 3.05) is 13.1 Å². The summed E-state index contributed by atoms with van der Waals surface area (Å²) in [6.07, 6.45) is 3.72. The van der Waals surface area contributed by atoms with Gasteiger partial charge in [0.05, 0.1) is 10.7 Å². The van der Waals surface area contributed by atoms with Gasteiger partial charge in [-0.3, -0.25) is 4.79 Å². The van der Waals surface area contributed by atoms with E-state index in [1.165, 1.54) is 5.56 Å². The lowest BCUT2D eigenvalue weighted by molar-refractivity contribution is 0.0674. The summed E-state index contributed by atoms with van der Waals surface area (Å²) in [6.45, 7) is 3.55. The Morgan fingerprint density at radius 3 is 2.42 bits per heavy atom. The highest BCUT2D eigenvalue weighted by atomic mass is 32.1. The Morgan fingerprint density at radius 1 is 1.12 bits per heavy atom. The summed E-state index contributed by atoms with van der Waals surface area (Å²) < 4.78 is 1.89. The Balaban J connectivity index is 1.63. The molecule has 1 saturated heterocycles. The van der Waals surface area contributed by atoms with Gasteiger partial charge in [0.2, 0.25) is 0 Å². The predicted octanol–water partition coefficient (Wildman–Crippen LogP) is 4.01. The molecule has 1 amide bonds. The van der Waals surface area contributed by atoms with Crippen molar-refractivity contribution >= 4 is 17.2 Å². The first kappa shape index (κ1) is 17.0. The van der Waals surface area contributed by atoms with Crippen molar-refractivity contribution in [3.05, 3.63) is 76.0 Å². The lowest BCUT2D eigenvalue weighted by Crippen LogP contribution is -2.46. The Morgan fingerprint density at radius 2 is 1.85 bits per heavy atom. The maximum atomic E-state index is 12.9. The third-order valence-electron chi connectivity index (χ3n) is 5.50. The molecule has 1 aliphatic rings. The van der Waals surface area contributed by atoms with E-state index in [9.17, 15) is 4.79 Å². The van der Waals surface area contributed by atoms with E-state index in [4.69, 9.17) is 4.98 Å². The van der Waals surface area contributed by atoms with Crippen molar-refractivity contribution in [1.29, 1.82) is 0 Å². The molecule has 4 rings (SSSR count). The number of aryl methyl sites for hydroxylation is 2. The first-order valence-electron chi connectivity index (χ1n) is 8.99. The van der Waals surface area contributed by atoms with Crippen LogP contribution in [0.5, 0.6) is 0 Å². The topological polar surface area (TPSA) is 38.1 Å². The number of piperidine rings is 1. The number of hydrogen-bond donors (Lipinski definition) is 0. The van der Waals surface area contributed by atoms with Crippen LogP contribution < -0.4 is 0 Å². The number of benzene rings is 1. The minimum Gasteiger partial charge on any atom is -0.347 e. The van der Waals surface area contributed by atoms with Gasteiger partial charge in [-0.1, -0.05) is 30.3 Å². The number of nitrogens with zero attached hydrogens (tertiary/aromatic N) is 3. The van der Waals surface area contributed by atoms with E-state index in [0.717, 1.165) is 42.3 Å². The fourth-order valence-corrected chi connectivity index (χ4v) is 4.68. The number of hydrogen-bond acceptors (Lipinski definition) is 3. The molecule has 2 aromatic heterocycles. The van der Waals surface area contributed by atoms with E-state index in [0.29, 0.717) is 0 Å². The Kier molecular flexibility index (Phi) is 4.41. The molecular weight excluding hydrogens is 342 g/mol. The van der Waals surface area contributed by atoms with Crippen molar-refractivity contribution < 1.29 is 4.79 Å². The SMILES string of the molecule is Cc1nc(C2(c3ccccc3)CCN(C(=O)c3cccn3C)CC2)cs1. The van der Waals surface area contributed by atoms with Crippen LogP contribution in [0.1, 0.15) is 39.6 Å². The van der Waals surface area contributed by atoms with Crippen LogP contribution in [0.15, 0.2) is 54.0 Å². The molecule has 0 saturated carbocycles. The standard InChI is InChI=1S/C21H23N3OS/c1-16-22-19(15-26-16)21(17-7-4-3-5-8-17)10-13-24(14-11-21)20(25)18-9-6-12-23(18)2/h3-9,12,15H,10-11,13-14H2,1-2H3. The quantitative estimate of drug-likeness (QED) is 0.703. The molecule has 1 aromatic carbocycles. The summed E-state index contributed by atoms with van der Waals surface area (Å²) >= 11 is 1.70. The van der Waals surface area contributed by atoms with Crippen molar-refractivity contribution in [3.8, 4) is 0 Å².